The van der Waals surface area contributed by atoms with Gasteiger partial charge in [0.25, 0.3) is 5.56 Å². The molecule has 4 heteroatoms. The SMILES string of the molecule is COc1ccccc1-c1cc(=O)[nH]n1C(C)(C)C. The third kappa shape index (κ3) is 2.18. The number of benzene rings is 1. The van der Waals surface area contributed by atoms with Crippen molar-refractivity contribution >= 4 is 0 Å². The zero-order valence-corrected chi connectivity index (χ0v) is 11.2. The Balaban J connectivity index is 2.68. The van der Waals surface area contributed by atoms with Gasteiger partial charge >= 0.3 is 0 Å². The van der Waals surface area contributed by atoms with E-state index in [1.165, 1.54) is 0 Å². The molecule has 2 aromatic rings. The molecule has 18 heavy (non-hydrogen) atoms. The number of H-pyrrole nitrogens is 1. The van der Waals surface area contributed by atoms with E-state index in [1.54, 1.807) is 13.2 Å². The fraction of sp³-hybridized carbons (Fsp3) is 0.357. The maximum atomic E-state index is 11.6. The predicted octanol–water partition coefficient (Wildman–Crippen LogP) is 2.61. The van der Waals surface area contributed by atoms with Crippen LogP contribution < -0.4 is 10.3 Å². The number of nitrogens with zero attached hydrogens (tertiary/aromatic N) is 1. The number of aromatic amines is 1. The summed E-state index contributed by atoms with van der Waals surface area (Å²) in [7, 11) is 1.63. The summed E-state index contributed by atoms with van der Waals surface area (Å²) in [5.41, 5.74) is 1.45. The first-order chi connectivity index (χ1) is 8.43. The molecular formula is C14H18N2O2. The number of methoxy groups -OCH3 is 1. The molecule has 0 amide bonds. The van der Waals surface area contributed by atoms with Crippen LogP contribution in [0, 0.1) is 0 Å². The van der Waals surface area contributed by atoms with Crippen LogP contribution in [0.4, 0.5) is 0 Å². The first-order valence-electron chi connectivity index (χ1n) is 5.89. The third-order valence-electron chi connectivity index (χ3n) is 2.78. The van der Waals surface area contributed by atoms with E-state index in [4.69, 9.17) is 4.74 Å². The monoisotopic (exact) mass is 246 g/mol. The smallest absolute Gasteiger partial charge is 0.264 e. The fourth-order valence-electron chi connectivity index (χ4n) is 1.97. The molecule has 1 N–H and O–H groups in total. The Labute approximate surface area is 106 Å². The van der Waals surface area contributed by atoms with Crippen molar-refractivity contribution in [1.29, 1.82) is 0 Å². The van der Waals surface area contributed by atoms with E-state index in [1.807, 2.05) is 49.7 Å². The standard InChI is InChI=1S/C14H18N2O2/c1-14(2,3)16-11(9-13(17)15-16)10-7-5-6-8-12(10)18-4/h5-9H,1-4H3,(H,15,17). The highest BCUT2D eigenvalue weighted by Gasteiger charge is 2.20. The van der Waals surface area contributed by atoms with Crippen LogP contribution in [0.15, 0.2) is 35.1 Å². The van der Waals surface area contributed by atoms with Crippen molar-refractivity contribution < 1.29 is 4.74 Å². The molecule has 0 aliphatic rings. The normalized spacial score (nSPS) is 11.6. The highest BCUT2D eigenvalue weighted by Crippen LogP contribution is 2.31. The lowest BCUT2D eigenvalue weighted by atomic mass is 10.1. The molecule has 0 aliphatic heterocycles. The van der Waals surface area contributed by atoms with Crippen LogP contribution >= 0.6 is 0 Å². The zero-order valence-electron chi connectivity index (χ0n) is 11.2. The minimum absolute atomic E-state index is 0.106. The number of ether oxygens (including phenoxy) is 1. The number of aromatic nitrogens is 2. The van der Waals surface area contributed by atoms with Crippen LogP contribution in [0.5, 0.6) is 5.75 Å². The molecule has 0 radical (unpaired) electrons. The molecule has 0 spiro atoms. The first kappa shape index (κ1) is 12.5. The van der Waals surface area contributed by atoms with E-state index in [0.29, 0.717) is 0 Å². The Bertz CT molecular complexity index is 603. The Morgan fingerprint density at radius 3 is 2.50 bits per heavy atom. The summed E-state index contributed by atoms with van der Waals surface area (Å²) >= 11 is 0. The molecule has 2 rings (SSSR count). The molecule has 0 bridgehead atoms. The van der Waals surface area contributed by atoms with Crippen molar-refractivity contribution in [1.82, 2.24) is 9.78 Å². The molecule has 0 atom stereocenters. The van der Waals surface area contributed by atoms with Crippen molar-refractivity contribution in [2.45, 2.75) is 26.3 Å². The molecule has 96 valence electrons. The molecule has 1 aromatic heterocycles. The topological polar surface area (TPSA) is 47.0 Å². The lowest BCUT2D eigenvalue weighted by molar-refractivity contribution is 0.357. The van der Waals surface area contributed by atoms with E-state index < -0.39 is 0 Å². The van der Waals surface area contributed by atoms with Crippen LogP contribution in [-0.4, -0.2) is 16.9 Å². The minimum Gasteiger partial charge on any atom is -0.496 e. The van der Waals surface area contributed by atoms with Crippen molar-refractivity contribution in [2.75, 3.05) is 7.11 Å². The van der Waals surface area contributed by atoms with Crippen LogP contribution in [0.3, 0.4) is 0 Å². The van der Waals surface area contributed by atoms with Gasteiger partial charge in [-0.2, -0.15) is 0 Å². The van der Waals surface area contributed by atoms with Gasteiger partial charge in [0.1, 0.15) is 5.75 Å². The second-order valence-corrected chi connectivity index (χ2v) is 5.21. The predicted molar refractivity (Wildman–Crippen MR) is 72.0 cm³/mol. The van der Waals surface area contributed by atoms with E-state index in [9.17, 15) is 4.79 Å². The maximum absolute atomic E-state index is 11.6. The summed E-state index contributed by atoms with van der Waals surface area (Å²) in [5, 5.41) is 2.84. The lowest BCUT2D eigenvalue weighted by Gasteiger charge is -2.24. The second kappa shape index (κ2) is 4.37. The molecule has 1 heterocycles. The van der Waals surface area contributed by atoms with Gasteiger partial charge in [-0.1, -0.05) is 12.1 Å². The van der Waals surface area contributed by atoms with Gasteiger partial charge in [0.15, 0.2) is 0 Å². The van der Waals surface area contributed by atoms with Crippen molar-refractivity contribution in [3.8, 4) is 17.0 Å². The van der Waals surface area contributed by atoms with Crippen LogP contribution in [0.2, 0.25) is 0 Å². The molecule has 0 saturated carbocycles. The fourth-order valence-corrected chi connectivity index (χ4v) is 1.97. The quantitative estimate of drug-likeness (QED) is 0.885. The van der Waals surface area contributed by atoms with E-state index >= 15 is 0 Å². The first-order valence-corrected chi connectivity index (χ1v) is 5.89. The van der Waals surface area contributed by atoms with Gasteiger partial charge in [-0.3, -0.25) is 14.6 Å². The van der Waals surface area contributed by atoms with Crippen LogP contribution in [0.1, 0.15) is 20.8 Å². The van der Waals surface area contributed by atoms with Gasteiger partial charge in [-0.05, 0) is 32.9 Å². The summed E-state index contributed by atoms with van der Waals surface area (Å²) in [4.78, 5) is 11.6. The lowest BCUT2D eigenvalue weighted by Crippen LogP contribution is -2.25. The summed E-state index contributed by atoms with van der Waals surface area (Å²) < 4.78 is 7.22. The molecule has 0 unspecified atom stereocenters. The summed E-state index contributed by atoms with van der Waals surface area (Å²) in [6.45, 7) is 6.13. The van der Waals surface area contributed by atoms with Gasteiger partial charge in [0.05, 0.1) is 18.3 Å². The molecular weight excluding hydrogens is 228 g/mol. The number of nitrogens with one attached hydrogen (secondary N) is 1. The number of para-hydroxylation sites is 1. The average Bonchev–Trinajstić information content (AvgIpc) is 2.71. The summed E-state index contributed by atoms with van der Waals surface area (Å²) in [5.74, 6) is 0.759. The Morgan fingerprint density at radius 1 is 1.22 bits per heavy atom. The minimum atomic E-state index is -0.196. The molecule has 0 aliphatic carbocycles. The van der Waals surface area contributed by atoms with E-state index in [-0.39, 0.29) is 11.1 Å². The van der Waals surface area contributed by atoms with Crippen molar-refractivity contribution in [3.05, 3.63) is 40.7 Å². The number of hydrogen-bond donors (Lipinski definition) is 1. The molecule has 0 saturated heterocycles. The van der Waals surface area contributed by atoms with Gasteiger partial charge < -0.3 is 4.74 Å². The van der Waals surface area contributed by atoms with Gasteiger partial charge in [-0.15, -0.1) is 0 Å². The highest BCUT2D eigenvalue weighted by atomic mass is 16.5. The molecule has 1 aromatic carbocycles. The maximum Gasteiger partial charge on any atom is 0.264 e. The number of hydrogen-bond acceptors (Lipinski definition) is 2. The third-order valence-corrected chi connectivity index (χ3v) is 2.78. The van der Waals surface area contributed by atoms with E-state index in [2.05, 4.69) is 5.10 Å². The van der Waals surface area contributed by atoms with Crippen LogP contribution in [-0.2, 0) is 5.54 Å². The summed E-state index contributed by atoms with van der Waals surface area (Å²) in [6.07, 6.45) is 0. The van der Waals surface area contributed by atoms with Gasteiger partial charge in [0, 0.05) is 11.6 Å². The van der Waals surface area contributed by atoms with E-state index in [0.717, 1.165) is 17.0 Å². The van der Waals surface area contributed by atoms with Crippen molar-refractivity contribution in [3.63, 3.8) is 0 Å². The summed E-state index contributed by atoms with van der Waals surface area (Å²) in [6, 6.07) is 9.28. The Hall–Kier alpha value is -1.97. The molecule has 0 fully saturated rings. The highest BCUT2D eigenvalue weighted by molar-refractivity contribution is 5.67. The zero-order chi connectivity index (χ0) is 13.3. The Kier molecular flexibility index (Phi) is 3.03. The number of rotatable bonds is 2. The Morgan fingerprint density at radius 2 is 1.89 bits per heavy atom. The van der Waals surface area contributed by atoms with Crippen molar-refractivity contribution in [2.24, 2.45) is 0 Å². The van der Waals surface area contributed by atoms with Gasteiger partial charge in [-0.25, -0.2) is 0 Å². The van der Waals surface area contributed by atoms with Gasteiger partial charge in [0.2, 0.25) is 0 Å². The van der Waals surface area contributed by atoms with Crippen LogP contribution in [0.25, 0.3) is 11.3 Å². The average molecular weight is 246 g/mol. The largest absolute Gasteiger partial charge is 0.496 e. The molecule has 4 nitrogen and oxygen atoms in total. The second-order valence-electron chi connectivity index (χ2n) is 5.21.